The van der Waals surface area contributed by atoms with E-state index in [1.54, 1.807) is 0 Å². The van der Waals surface area contributed by atoms with Crippen molar-refractivity contribution in [3.8, 4) is 0 Å². The zero-order chi connectivity index (χ0) is 9.41. The molecule has 72 valence electrons. The van der Waals surface area contributed by atoms with Crippen LogP contribution in [0.15, 0.2) is 0 Å². The van der Waals surface area contributed by atoms with Crippen molar-refractivity contribution >= 4 is 11.6 Å². The van der Waals surface area contributed by atoms with Crippen molar-refractivity contribution in [2.24, 2.45) is 11.3 Å². The fourth-order valence-corrected chi connectivity index (χ4v) is 2.10. The Kier molecular flexibility index (Phi) is 2.67. The van der Waals surface area contributed by atoms with Gasteiger partial charge in [-0.2, -0.15) is 0 Å². The first-order chi connectivity index (χ1) is 5.37. The molecule has 0 aromatic carbocycles. The van der Waals surface area contributed by atoms with Gasteiger partial charge in [0.25, 0.3) is 0 Å². The van der Waals surface area contributed by atoms with E-state index in [9.17, 15) is 8.78 Å². The number of hydrogen-bond donors (Lipinski definition) is 0. The predicted molar refractivity (Wildman–Crippen MR) is 46.8 cm³/mol. The molecule has 0 bridgehead atoms. The molecule has 1 atom stereocenters. The van der Waals surface area contributed by atoms with Gasteiger partial charge in [0.15, 0.2) is 0 Å². The average molecular weight is 197 g/mol. The molecule has 0 spiro atoms. The lowest BCUT2D eigenvalue weighted by atomic mass is 9.81. The maximum atomic E-state index is 12.7. The van der Waals surface area contributed by atoms with Crippen molar-refractivity contribution in [3.63, 3.8) is 0 Å². The first-order valence-electron chi connectivity index (χ1n) is 4.31. The van der Waals surface area contributed by atoms with Crippen molar-refractivity contribution in [2.75, 3.05) is 5.88 Å². The zero-order valence-electron chi connectivity index (χ0n) is 7.54. The van der Waals surface area contributed by atoms with Crippen molar-refractivity contribution in [1.82, 2.24) is 0 Å². The molecule has 12 heavy (non-hydrogen) atoms. The Morgan fingerprint density at radius 3 is 2.08 bits per heavy atom. The normalized spacial score (nSPS) is 23.8. The zero-order valence-corrected chi connectivity index (χ0v) is 8.30. The van der Waals surface area contributed by atoms with Crippen LogP contribution in [-0.2, 0) is 0 Å². The average Bonchev–Trinajstić information content (AvgIpc) is 2.64. The topological polar surface area (TPSA) is 0 Å². The fourth-order valence-electron chi connectivity index (χ4n) is 1.79. The molecule has 1 aliphatic carbocycles. The molecule has 3 heteroatoms. The second-order valence-corrected chi connectivity index (χ2v) is 4.58. The van der Waals surface area contributed by atoms with Crippen LogP contribution in [0.4, 0.5) is 8.78 Å². The first kappa shape index (κ1) is 10.2. The van der Waals surface area contributed by atoms with Gasteiger partial charge in [0.1, 0.15) is 0 Å². The Labute approximate surface area is 77.3 Å². The Morgan fingerprint density at radius 1 is 1.33 bits per heavy atom. The largest absolute Gasteiger partial charge is 0.246 e. The number of alkyl halides is 3. The fraction of sp³-hybridized carbons (Fsp3) is 1.00. The monoisotopic (exact) mass is 196 g/mol. The van der Waals surface area contributed by atoms with Crippen LogP contribution in [0.25, 0.3) is 0 Å². The van der Waals surface area contributed by atoms with E-state index >= 15 is 0 Å². The summed E-state index contributed by atoms with van der Waals surface area (Å²) in [5.41, 5.74) is -0.347. The molecule has 1 fully saturated rings. The molecule has 0 aliphatic heterocycles. The minimum Gasteiger partial charge on any atom is -0.207 e. The highest BCUT2D eigenvalue weighted by Gasteiger charge is 2.45. The van der Waals surface area contributed by atoms with E-state index in [2.05, 4.69) is 0 Å². The summed E-state index contributed by atoms with van der Waals surface area (Å²) in [6.07, 6.45) is 2.06. The number of rotatable bonds is 4. The number of hydrogen-bond acceptors (Lipinski definition) is 0. The van der Waals surface area contributed by atoms with Gasteiger partial charge in [0, 0.05) is 12.3 Å². The summed E-state index contributed by atoms with van der Waals surface area (Å²) in [4.78, 5) is 0. The lowest BCUT2D eigenvalue weighted by molar-refractivity contribution is -0.0254. The molecule has 1 rings (SSSR count). The van der Waals surface area contributed by atoms with Gasteiger partial charge in [0.05, 0.1) is 0 Å². The highest BCUT2D eigenvalue weighted by molar-refractivity contribution is 6.18. The summed E-state index contributed by atoms with van der Waals surface area (Å²) in [6, 6.07) is 0. The van der Waals surface area contributed by atoms with Gasteiger partial charge in [-0.05, 0) is 31.1 Å². The van der Waals surface area contributed by atoms with Gasteiger partial charge >= 0.3 is 0 Å². The Hall–Kier alpha value is 0.150. The van der Waals surface area contributed by atoms with Crippen molar-refractivity contribution in [1.29, 1.82) is 0 Å². The molecule has 0 heterocycles. The van der Waals surface area contributed by atoms with Crippen LogP contribution in [0.2, 0.25) is 0 Å². The molecule has 0 N–H and O–H groups in total. The van der Waals surface area contributed by atoms with Gasteiger partial charge in [-0.3, -0.25) is 0 Å². The molecule has 0 aromatic rings. The predicted octanol–water partition coefficient (Wildman–Crippen LogP) is 3.69. The Morgan fingerprint density at radius 2 is 1.83 bits per heavy atom. The van der Waals surface area contributed by atoms with E-state index in [0.29, 0.717) is 11.8 Å². The third-order valence-electron chi connectivity index (χ3n) is 2.58. The lowest BCUT2D eigenvalue weighted by Crippen LogP contribution is -2.29. The molecular weight excluding hydrogens is 182 g/mol. The van der Waals surface area contributed by atoms with E-state index in [0.717, 1.165) is 19.8 Å². The molecule has 0 nitrogen and oxygen atoms in total. The van der Waals surface area contributed by atoms with E-state index in [1.807, 2.05) is 6.92 Å². The Balaban J connectivity index is 2.54. The highest BCUT2D eigenvalue weighted by atomic mass is 35.5. The minimum atomic E-state index is -2.58. The molecule has 0 saturated heterocycles. The molecule has 1 aliphatic rings. The second-order valence-electron chi connectivity index (χ2n) is 4.31. The van der Waals surface area contributed by atoms with Crippen LogP contribution >= 0.6 is 11.6 Å². The molecule has 1 unspecified atom stereocenters. The van der Waals surface area contributed by atoms with Crippen molar-refractivity contribution < 1.29 is 8.78 Å². The molecule has 1 saturated carbocycles. The summed E-state index contributed by atoms with van der Waals surface area (Å²) in [6.45, 7) is 2.84. The summed E-state index contributed by atoms with van der Waals surface area (Å²) in [5.74, 6) is -1.80. The second kappa shape index (κ2) is 3.13. The van der Waals surface area contributed by atoms with Crippen LogP contribution in [0.5, 0.6) is 0 Å². The van der Waals surface area contributed by atoms with E-state index < -0.39 is 5.92 Å². The van der Waals surface area contributed by atoms with Crippen molar-refractivity contribution in [3.05, 3.63) is 0 Å². The van der Waals surface area contributed by atoms with Crippen LogP contribution < -0.4 is 0 Å². The summed E-state index contributed by atoms with van der Waals surface area (Å²) < 4.78 is 25.5. The van der Waals surface area contributed by atoms with Gasteiger partial charge in [-0.15, -0.1) is 11.6 Å². The van der Waals surface area contributed by atoms with Crippen LogP contribution in [0.1, 0.15) is 33.1 Å². The SMILES string of the molecule is CC(F)(F)CC(C)(CCl)C1CC1. The third kappa shape index (κ3) is 2.58. The molecule has 0 amide bonds. The van der Waals surface area contributed by atoms with Crippen molar-refractivity contribution in [2.45, 2.75) is 39.0 Å². The van der Waals surface area contributed by atoms with Crippen LogP contribution in [0.3, 0.4) is 0 Å². The molecular formula is C9H15ClF2. The van der Waals surface area contributed by atoms with E-state index in [4.69, 9.17) is 11.6 Å². The molecule has 0 aromatic heterocycles. The minimum absolute atomic E-state index is 0.0752. The smallest absolute Gasteiger partial charge is 0.207 e. The van der Waals surface area contributed by atoms with E-state index in [1.165, 1.54) is 0 Å². The molecule has 0 radical (unpaired) electrons. The highest BCUT2D eigenvalue weighted by Crippen LogP contribution is 2.50. The quantitative estimate of drug-likeness (QED) is 0.602. The first-order valence-corrected chi connectivity index (χ1v) is 4.85. The van der Waals surface area contributed by atoms with Crippen LogP contribution in [0, 0.1) is 11.3 Å². The maximum Gasteiger partial charge on any atom is 0.246 e. The Bertz CT molecular complexity index is 160. The lowest BCUT2D eigenvalue weighted by Gasteiger charge is -2.29. The summed E-state index contributed by atoms with van der Waals surface area (Å²) in [5, 5.41) is 0. The summed E-state index contributed by atoms with van der Waals surface area (Å²) in [7, 11) is 0. The summed E-state index contributed by atoms with van der Waals surface area (Å²) >= 11 is 5.72. The standard InChI is InChI=1S/C9H15ClF2/c1-8(6-10,7-3-4-7)5-9(2,11)12/h7H,3-6H2,1-2H3. The van der Waals surface area contributed by atoms with Gasteiger partial charge < -0.3 is 0 Å². The number of halogens is 3. The van der Waals surface area contributed by atoms with Gasteiger partial charge in [0.2, 0.25) is 5.92 Å². The maximum absolute atomic E-state index is 12.7. The van der Waals surface area contributed by atoms with Gasteiger partial charge in [-0.1, -0.05) is 6.92 Å². The third-order valence-corrected chi connectivity index (χ3v) is 3.19. The van der Waals surface area contributed by atoms with Crippen LogP contribution in [-0.4, -0.2) is 11.8 Å². The van der Waals surface area contributed by atoms with E-state index in [-0.39, 0.29) is 11.8 Å². The van der Waals surface area contributed by atoms with Gasteiger partial charge in [-0.25, -0.2) is 8.78 Å².